The summed E-state index contributed by atoms with van der Waals surface area (Å²) in [5.41, 5.74) is -1.27. The Bertz CT molecular complexity index is 517. The zero-order chi connectivity index (χ0) is 14.0. The Hall–Kier alpha value is -1.30. The zero-order valence-corrected chi connectivity index (χ0v) is 11.4. The number of halogens is 4. The number of carbonyl (C=O) groups is 1. The minimum Gasteiger partial charge on any atom is -0.349 e. The molecule has 1 aromatic carbocycles. The van der Waals surface area contributed by atoms with Gasteiger partial charge in [0.2, 0.25) is 0 Å². The fourth-order valence-corrected chi connectivity index (χ4v) is 2.31. The summed E-state index contributed by atoms with van der Waals surface area (Å²) < 4.78 is 39.0. The lowest BCUT2D eigenvalue weighted by Gasteiger charge is -2.16. The lowest BCUT2D eigenvalue weighted by atomic mass is 10.1. The third-order valence-corrected chi connectivity index (χ3v) is 3.37. The van der Waals surface area contributed by atoms with Crippen molar-refractivity contribution in [3.05, 3.63) is 46.0 Å². The van der Waals surface area contributed by atoms with Crippen molar-refractivity contribution >= 4 is 21.8 Å². The Morgan fingerprint density at radius 2 is 1.89 bits per heavy atom. The molecule has 0 unspecified atom stereocenters. The van der Waals surface area contributed by atoms with Crippen molar-refractivity contribution in [1.29, 1.82) is 0 Å². The largest absolute Gasteiger partial charge is 0.417 e. The Balaban J connectivity index is 2.25. The van der Waals surface area contributed by atoms with Gasteiger partial charge in [-0.1, -0.05) is 28.1 Å². The summed E-state index contributed by atoms with van der Waals surface area (Å²) in [6.45, 7) is 0. The van der Waals surface area contributed by atoms with E-state index in [1.54, 1.807) is 0 Å². The predicted molar refractivity (Wildman–Crippen MR) is 68.8 cm³/mol. The number of hydrogen-bond donors (Lipinski definition) is 1. The van der Waals surface area contributed by atoms with Crippen LogP contribution in [0.5, 0.6) is 0 Å². The molecule has 0 bridgehead atoms. The summed E-state index contributed by atoms with van der Waals surface area (Å²) in [6, 6.07) is 3.42. The molecule has 1 amide bonds. The van der Waals surface area contributed by atoms with Crippen LogP contribution in [0.2, 0.25) is 0 Å². The van der Waals surface area contributed by atoms with E-state index in [9.17, 15) is 18.0 Å². The van der Waals surface area contributed by atoms with E-state index in [-0.39, 0.29) is 11.6 Å². The SMILES string of the molecule is O=C(NC1CC=CC1)c1ccc(Br)cc1C(F)(F)F. The highest BCUT2D eigenvalue weighted by Gasteiger charge is 2.35. The standard InChI is InChI=1S/C13H11BrF3NO/c14-8-5-6-10(11(7-8)13(15,16)17)12(19)18-9-3-1-2-4-9/h1-2,5-7,9H,3-4H2,(H,18,19). The monoisotopic (exact) mass is 333 g/mol. The van der Waals surface area contributed by atoms with Gasteiger partial charge in [-0.3, -0.25) is 4.79 Å². The second kappa shape index (κ2) is 5.36. The molecule has 0 saturated carbocycles. The number of benzene rings is 1. The molecule has 6 heteroatoms. The van der Waals surface area contributed by atoms with Gasteiger partial charge in [-0.15, -0.1) is 0 Å². The van der Waals surface area contributed by atoms with Crippen LogP contribution in [0.25, 0.3) is 0 Å². The van der Waals surface area contributed by atoms with Crippen LogP contribution in [0.15, 0.2) is 34.8 Å². The molecule has 102 valence electrons. The maximum Gasteiger partial charge on any atom is 0.417 e. The molecule has 0 radical (unpaired) electrons. The molecule has 0 fully saturated rings. The van der Waals surface area contributed by atoms with Gasteiger partial charge in [0.1, 0.15) is 0 Å². The van der Waals surface area contributed by atoms with Gasteiger partial charge in [-0.25, -0.2) is 0 Å². The molecule has 1 aliphatic rings. The van der Waals surface area contributed by atoms with Crippen molar-refractivity contribution < 1.29 is 18.0 Å². The van der Waals surface area contributed by atoms with Crippen LogP contribution in [0.4, 0.5) is 13.2 Å². The molecule has 0 atom stereocenters. The Labute approximate surface area is 116 Å². The van der Waals surface area contributed by atoms with Gasteiger partial charge < -0.3 is 5.32 Å². The summed E-state index contributed by atoms with van der Waals surface area (Å²) >= 11 is 2.98. The minimum absolute atomic E-state index is 0.114. The molecule has 1 aliphatic carbocycles. The quantitative estimate of drug-likeness (QED) is 0.816. The van der Waals surface area contributed by atoms with Crippen LogP contribution in [0.1, 0.15) is 28.8 Å². The number of carbonyl (C=O) groups excluding carboxylic acids is 1. The second-order valence-electron chi connectivity index (χ2n) is 4.30. The first kappa shape index (κ1) is 14.1. The van der Waals surface area contributed by atoms with Gasteiger partial charge in [-0.2, -0.15) is 13.2 Å². The molecule has 1 aromatic rings. The van der Waals surface area contributed by atoms with Gasteiger partial charge in [0.25, 0.3) is 5.91 Å². The summed E-state index contributed by atoms with van der Waals surface area (Å²) in [6.07, 6.45) is 0.562. The molecular formula is C13H11BrF3NO. The van der Waals surface area contributed by atoms with E-state index in [0.717, 1.165) is 6.07 Å². The van der Waals surface area contributed by atoms with E-state index in [1.165, 1.54) is 12.1 Å². The first-order valence-corrected chi connectivity index (χ1v) is 6.50. The number of amides is 1. The molecule has 19 heavy (non-hydrogen) atoms. The fourth-order valence-electron chi connectivity index (χ4n) is 1.95. The van der Waals surface area contributed by atoms with Crippen LogP contribution < -0.4 is 5.32 Å². The number of alkyl halides is 3. The van der Waals surface area contributed by atoms with Crippen LogP contribution in [-0.2, 0) is 6.18 Å². The first-order valence-electron chi connectivity index (χ1n) is 5.70. The van der Waals surface area contributed by atoms with Gasteiger partial charge in [0.05, 0.1) is 11.1 Å². The third-order valence-electron chi connectivity index (χ3n) is 2.87. The number of hydrogen-bond acceptors (Lipinski definition) is 1. The van der Waals surface area contributed by atoms with Gasteiger partial charge in [0.15, 0.2) is 0 Å². The van der Waals surface area contributed by atoms with Gasteiger partial charge in [-0.05, 0) is 31.0 Å². The number of rotatable bonds is 2. The maximum atomic E-state index is 12.9. The fraction of sp³-hybridized carbons (Fsp3) is 0.308. The van der Waals surface area contributed by atoms with Crippen molar-refractivity contribution in [3.63, 3.8) is 0 Å². The highest BCUT2D eigenvalue weighted by atomic mass is 79.9. The Morgan fingerprint density at radius 1 is 1.26 bits per heavy atom. The predicted octanol–water partition coefficient (Wildman–Crippen LogP) is 3.92. The third kappa shape index (κ3) is 3.37. The molecule has 0 aromatic heterocycles. The summed E-state index contributed by atoms with van der Waals surface area (Å²) in [5, 5.41) is 2.61. The molecule has 2 rings (SSSR count). The van der Waals surface area contributed by atoms with Crippen LogP contribution in [0.3, 0.4) is 0 Å². The topological polar surface area (TPSA) is 29.1 Å². The molecular weight excluding hydrogens is 323 g/mol. The smallest absolute Gasteiger partial charge is 0.349 e. The van der Waals surface area contributed by atoms with Crippen molar-refractivity contribution in [2.75, 3.05) is 0 Å². The van der Waals surface area contributed by atoms with Crippen LogP contribution in [-0.4, -0.2) is 11.9 Å². The van der Waals surface area contributed by atoms with Crippen molar-refractivity contribution in [2.45, 2.75) is 25.1 Å². The van der Waals surface area contributed by atoms with E-state index in [0.29, 0.717) is 17.3 Å². The molecule has 1 N–H and O–H groups in total. The summed E-state index contributed by atoms with van der Waals surface area (Å²) in [4.78, 5) is 11.9. The maximum absolute atomic E-state index is 12.9. The average molecular weight is 334 g/mol. The summed E-state index contributed by atoms with van der Waals surface area (Å²) in [7, 11) is 0. The first-order chi connectivity index (χ1) is 8.88. The van der Waals surface area contributed by atoms with E-state index in [4.69, 9.17) is 0 Å². The van der Waals surface area contributed by atoms with E-state index >= 15 is 0 Å². The summed E-state index contributed by atoms with van der Waals surface area (Å²) in [5.74, 6) is -0.687. The van der Waals surface area contributed by atoms with Crippen molar-refractivity contribution in [1.82, 2.24) is 5.32 Å². The second-order valence-corrected chi connectivity index (χ2v) is 5.22. The van der Waals surface area contributed by atoms with E-state index < -0.39 is 17.6 Å². The van der Waals surface area contributed by atoms with E-state index in [1.807, 2.05) is 12.2 Å². The molecule has 0 heterocycles. The van der Waals surface area contributed by atoms with Crippen LogP contribution in [0, 0.1) is 0 Å². The van der Waals surface area contributed by atoms with Gasteiger partial charge in [0, 0.05) is 10.5 Å². The molecule has 2 nitrogen and oxygen atoms in total. The average Bonchev–Trinajstić information content (AvgIpc) is 2.80. The highest BCUT2D eigenvalue weighted by Crippen LogP contribution is 2.34. The highest BCUT2D eigenvalue weighted by molar-refractivity contribution is 9.10. The molecule has 0 spiro atoms. The zero-order valence-electron chi connectivity index (χ0n) is 9.80. The molecule has 0 saturated heterocycles. The van der Waals surface area contributed by atoms with Crippen molar-refractivity contribution in [2.24, 2.45) is 0 Å². The Morgan fingerprint density at radius 3 is 2.47 bits per heavy atom. The Kier molecular flexibility index (Phi) is 3.99. The lowest BCUT2D eigenvalue weighted by Crippen LogP contribution is -2.34. The van der Waals surface area contributed by atoms with E-state index in [2.05, 4.69) is 21.2 Å². The van der Waals surface area contributed by atoms with Crippen molar-refractivity contribution in [3.8, 4) is 0 Å². The molecule has 0 aliphatic heterocycles. The van der Waals surface area contributed by atoms with Crippen LogP contribution >= 0.6 is 15.9 Å². The number of nitrogens with one attached hydrogen (secondary N) is 1. The normalized spacial score (nSPS) is 15.8. The van der Waals surface area contributed by atoms with Gasteiger partial charge >= 0.3 is 6.18 Å². The minimum atomic E-state index is -4.55. The lowest BCUT2D eigenvalue weighted by molar-refractivity contribution is -0.138.